The summed E-state index contributed by atoms with van der Waals surface area (Å²) < 4.78 is 0. The van der Waals surface area contributed by atoms with Crippen molar-refractivity contribution in [2.45, 2.75) is 43.7 Å². The zero-order valence-corrected chi connectivity index (χ0v) is 23.5. The summed E-state index contributed by atoms with van der Waals surface area (Å²) in [7, 11) is 1.83. The summed E-state index contributed by atoms with van der Waals surface area (Å²) in [6.45, 7) is 3.66. The number of amides is 1. The highest BCUT2D eigenvalue weighted by molar-refractivity contribution is 6.42. The Morgan fingerprint density at radius 3 is 2.29 bits per heavy atom. The lowest BCUT2D eigenvalue weighted by molar-refractivity contribution is -0.125. The zero-order valence-electron chi connectivity index (χ0n) is 21.9. The van der Waals surface area contributed by atoms with Gasteiger partial charge in [0.15, 0.2) is 0 Å². The molecule has 4 rings (SSSR count). The van der Waals surface area contributed by atoms with E-state index >= 15 is 0 Å². The van der Waals surface area contributed by atoms with E-state index in [4.69, 9.17) is 28.9 Å². The molecule has 3 unspecified atom stereocenters. The minimum absolute atomic E-state index is 0.0283. The van der Waals surface area contributed by atoms with Crippen LogP contribution in [0.4, 0.5) is 0 Å². The molecule has 2 N–H and O–H groups in total. The standard InChI is InChI=1S/C31H35Cl2N3O2/c1-22(37)31(26-11-7-4-8-12-26)16-18-36(29(34)20-31)17-15-25(24-13-14-27(32)28(33)19-24)21-35(2)30(38)23-9-5-3-6-10-23/h3-14,19,25,29H,15-18,20-21,34H2,1-2H3. The molecule has 1 fully saturated rings. The Hall–Kier alpha value is -2.70. The highest BCUT2D eigenvalue weighted by Crippen LogP contribution is 2.38. The van der Waals surface area contributed by atoms with Gasteiger partial charge in [0.2, 0.25) is 0 Å². The summed E-state index contributed by atoms with van der Waals surface area (Å²) in [5.74, 6) is 0.163. The number of ketones is 1. The van der Waals surface area contributed by atoms with E-state index < -0.39 is 5.41 Å². The number of piperidine rings is 1. The van der Waals surface area contributed by atoms with E-state index in [9.17, 15) is 9.59 Å². The molecule has 0 radical (unpaired) electrons. The molecule has 0 aromatic heterocycles. The molecular weight excluding hydrogens is 517 g/mol. The number of halogens is 2. The number of hydrogen-bond donors (Lipinski definition) is 1. The Labute approximate surface area is 235 Å². The molecular formula is C31H35Cl2N3O2. The van der Waals surface area contributed by atoms with Crippen molar-refractivity contribution < 1.29 is 9.59 Å². The topological polar surface area (TPSA) is 66.6 Å². The normalized spacial score (nSPS) is 20.6. The minimum atomic E-state index is -0.553. The highest BCUT2D eigenvalue weighted by atomic mass is 35.5. The van der Waals surface area contributed by atoms with E-state index in [0.29, 0.717) is 28.6 Å². The van der Waals surface area contributed by atoms with Gasteiger partial charge in [0.25, 0.3) is 5.91 Å². The third-order valence-electron chi connectivity index (χ3n) is 7.89. The molecule has 0 saturated carbocycles. The van der Waals surface area contributed by atoms with Crippen molar-refractivity contribution in [2.24, 2.45) is 5.73 Å². The van der Waals surface area contributed by atoms with Gasteiger partial charge in [-0.1, -0.05) is 77.8 Å². The molecule has 0 aliphatic carbocycles. The van der Waals surface area contributed by atoms with Gasteiger partial charge >= 0.3 is 0 Å². The van der Waals surface area contributed by atoms with Crippen molar-refractivity contribution >= 4 is 34.9 Å². The van der Waals surface area contributed by atoms with E-state index in [0.717, 1.165) is 37.1 Å². The van der Waals surface area contributed by atoms with Gasteiger partial charge in [-0.3, -0.25) is 14.5 Å². The monoisotopic (exact) mass is 551 g/mol. The van der Waals surface area contributed by atoms with Crippen LogP contribution in [0.3, 0.4) is 0 Å². The fraction of sp³-hybridized carbons (Fsp3) is 0.355. The Balaban J connectivity index is 1.49. The highest BCUT2D eigenvalue weighted by Gasteiger charge is 2.43. The molecule has 38 heavy (non-hydrogen) atoms. The molecule has 1 aliphatic rings. The minimum Gasteiger partial charge on any atom is -0.341 e. The summed E-state index contributed by atoms with van der Waals surface area (Å²) >= 11 is 12.6. The second kappa shape index (κ2) is 12.4. The van der Waals surface area contributed by atoms with Crippen LogP contribution in [0.15, 0.2) is 78.9 Å². The molecule has 5 nitrogen and oxygen atoms in total. The van der Waals surface area contributed by atoms with E-state index in [1.807, 2.05) is 79.8 Å². The van der Waals surface area contributed by atoms with Gasteiger partial charge < -0.3 is 10.6 Å². The van der Waals surface area contributed by atoms with Crippen molar-refractivity contribution in [1.82, 2.24) is 9.80 Å². The SMILES string of the molecule is CC(=O)C1(c2ccccc2)CCN(CCC(CN(C)C(=O)c2ccccc2)c2ccc(Cl)c(Cl)c2)C(N)C1. The first kappa shape index (κ1) is 28.3. The molecule has 1 aliphatic heterocycles. The zero-order chi connectivity index (χ0) is 27.3. The average molecular weight is 553 g/mol. The quantitative estimate of drug-likeness (QED) is 0.346. The van der Waals surface area contributed by atoms with Crippen LogP contribution < -0.4 is 5.73 Å². The third kappa shape index (κ3) is 6.29. The van der Waals surface area contributed by atoms with E-state index in [1.54, 1.807) is 17.9 Å². The van der Waals surface area contributed by atoms with Gasteiger partial charge in [-0.15, -0.1) is 0 Å². The van der Waals surface area contributed by atoms with E-state index in [-0.39, 0.29) is 23.8 Å². The molecule has 7 heteroatoms. The molecule has 3 aromatic rings. The van der Waals surface area contributed by atoms with Crippen molar-refractivity contribution in [3.05, 3.63) is 106 Å². The molecule has 1 saturated heterocycles. The van der Waals surface area contributed by atoms with Crippen LogP contribution in [0, 0.1) is 0 Å². The second-order valence-electron chi connectivity index (χ2n) is 10.3. The first-order valence-corrected chi connectivity index (χ1v) is 13.8. The third-order valence-corrected chi connectivity index (χ3v) is 8.63. The van der Waals surface area contributed by atoms with Crippen LogP contribution in [-0.4, -0.2) is 54.3 Å². The number of rotatable bonds is 9. The number of hydrogen-bond acceptors (Lipinski definition) is 4. The number of Topliss-reactive ketones (excluding diaryl/α,β-unsaturated/α-hetero) is 1. The van der Waals surface area contributed by atoms with Gasteiger partial charge in [0, 0.05) is 38.2 Å². The summed E-state index contributed by atoms with van der Waals surface area (Å²) in [5, 5.41) is 0.998. The van der Waals surface area contributed by atoms with Gasteiger partial charge in [-0.2, -0.15) is 0 Å². The molecule has 200 valence electrons. The lowest BCUT2D eigenvalue weighted by Crippen LogP contribution is -2.55. The van der Waals surface area contributed by atoms with Gasteiger partial charge in [0.1, 0.15) is 5.78 Å². The van der Waals surface area contributed by atoms with E-state index in [1.165, 1.54) is 0 Å². The van der Waals surface area contributed by atoms with Crippen molar-refractivity contribution in [3.8, 4) is 0 Å². The maximum absolute atomic E-state index is 13.1. The Kier molecular flexibility index (Phi) is 9.27. The van der Waals surface area contributed by atoms with Crippen LogP contribution in [0.1, 0.15) is 53.6 Å². The predicted octanol–water partition coefficient (Wildman–Crippen LogP) is 6.15. The average Bonchev–Trinajstić information content (AvgIpc) is 2.93. The summed E-state index contributed by atoms with van der Waals surface area (Å²) in [5.41, 5.74) is 8.86. The maximum atomic E-state index is 13.1. The smallest absolute Gasteiger partial charge is 0.253 e. The Bertz CT molecular complexity index is 1250. The number of benzene rings is 3. The Morgan fingerprint density at radius 1 is 1.03 bits per heavy atom. The number of carbonyl (C=O) groups excluding carboxylic acids is 2. The predicted molar refractivity (Wildman–Crippen MR) is 155 cm³/mol. The fourth-order valence-corrected chi connectivity index (χ4v) is 5.88. The van der Waals surface area contributed by atoms with Crippen molar-refractivity contribution in [3.63, 3.8) is 0 Å². The first-order chi connectivity index (χ1) is 18.2. The molecule has 0 bridgehead atoms. The molecule has 0 spiro atoms. The number of nitrogens with two attached hydrogens (primary N) is 1. The van der Waals surface area contributed by atoms with Gasteiger partial charge in [0.05, 0.1) is 21.6 Å². The lowest BCUT2D eigenvalue weighted by Gasteiger charge is -2.45. The number of likely N-dealkylation sites (tertiary alicyclic amines) is 1. The van der Waals surface area contributed by atoms with E-state index in [2.05, 4.69) is 4.90 Å². The van der Waals surface area contributed by atoms with Gasteiger partial charge in [-0.25, -0.2) is 0 Å². The largest absolute Gasteiger partial charge is 0.341 e. The maximum Gasteiger partial charge on any atom is 0.253 e. The molecule has 1 heterocycles. The van der Waals surface area contributed by atoms with Crippen molar-refractivity contribution in [2.75, 3.05) is 26.7 Å². The van der Waals surface area contributed by atoms with Crippen molar-refractivity contribution in [1.29, 1.82) is 0 Å². The van der Waals surface area contributed by atoms with Crippen LogP contribution in [0.5, 0.6) is 0 Å². The number of carbonyl (C=O) groups is 2. The Morgan fingerprint density at radius 2 is 1.68 bits per heavy atom. The van der Waals surface area contributed by atoms with Crippen LogP contribution in [0.25, 0.3) is 0 Å². The number of nitrogens with zero attached hydrogens (tertiary/aromatic N) is 2. The summed E-state index contributed by atoms with van der Waals surface area (Å²) in [4.78, 5) is 29.9. The van der Waals surface area contributed by atoms with Crippen LogP contribution in [0.2, 0.25) is 10.0 Å². The van der Waals surface area contributed by atoms with Crippen LogP contribution in [-0.2, 0) is 10.2 Å². The number of likely N-dealkylation sites (N-methyl/N-ethyl adjacent to an activating group) is 1. The first-order valence-electron chi connectivity index (χ1n) is 13.0. The lowest BCUT2D eigenvalue weighted by atomic mass is 9.69. The molecule has 1 amide bonds. The summed E-state index contributed by atoms with van der Waals surface area (Å²) in [6, 6.07) is 24.9. The molecule has 3 aromatic carbocycles. The van der Waals surface area contributed by atoms with Crippen LogP contribution >= 0.6 is 23.2 Å². The van der Waals surface area contributed by atoms with Gasteiger partial charge in [-0.05, 0) is 61.6 Å². The fourth-order valence-electron chi connectivity index (χ4n) is 5.57. The second-order valence-corrected chi connectivity index (χ2v) is 11.1. The molecule has 3 atom stereocenters. The summed E-state index contributed by atoms with van der Waals surface area (Å²) in [6.07, 6.45) is 1.84.